The zero-order valence-electron chi connectivity index (χ0n) is 10.9. The maximum atomic E-state index is 6.27. The van der Waals surface area contributed by atoms with Gasteiger partial charge in [0.15, 0.2) is 0 Å². The van der Waals surface area contributed by atoms with Gasteiger partial charge in [0.2, 0.25) is 0 Å². The highest BCUT2D eigenvalue weighted by Crippen LogP contribution is 2.33. The maximum Gasteiger partial charge on any atom is 0.120 e. The number of ether oxygens (including phenoxy) is 1. The molecule has 0 bridgehead atoms. The van der Waals surface area contributed by atoms with Crippen molar-refractivity contribution in [2.24, 2.45) is 0 Å². The molecule has 2 N–H and O–H groups in total. The topological polar surface area (TPSA) is 48.1 Å². The summed E-state index contributed by atoms with van der Waals surface area (Å²) in [6.45, 7) is 4.04. The Labute approximate surface area is 107 Å². The first-order valence-electron chi connectivity index (χ1n) is 6.53. The van der Waals surface area contributed by atoms with E-state index in [1.807, 2.05) is 32.0 Å². The highest BCUT2D eigenvalue weighted by molar-refractivity contribution is 5.93. The summed E-state index contributed by atoms with van der Waals surface area (Å²) in [5.41, 5.74) is 10.6. The molecular weight excluding hydrogens is 224 g/mol. The van der Waals surface area contributed by atoms with Crippen LogP contribution in [0.25, 0.3) is 10.9 Å². The Hall–Kier alpha value is -1.77. The van der Waals surface area contributed by atoms with Crippen molar-refractivity contribution in [3.05, 3.63) is 29.5 Å². The molecule has 0 saturated heterocycles. The number of nitrogens with zero attached hydrogens (tertiary/aromatic N) is 1. The van der Waals surface area contributed by atoms with Crippen molar-refractivity contribution >= 4 is 16.6 Å². The highest BCUT2D eigenvalue weighted by atomic mass is 16.5. The van der Waals surface area contributed by atoms with Gasteiger partial charge in [-0.3, -0.25) is 4.98 Å². The van der Waals surface area contributed by atoms with Gasteiger partial charge in [-0.25, -0.2) is 0 Å². The van der Waals surface area contributed by atoms with Crippen LogP contribution in [0.2, 0.25) is 0 Å². The summed E-state index contributed by atoms with van der Waals surface area (Å²) in [4.78, 5) is 4.70. The number of nitrogen functional groups attached to an aromatic ring is 1. The Morgan fingerprint density at radius 1 is 1.28 bits per heavy atom. The minimum atomic E-state index is 0.172. The minimum Gasteiger partial charge on any atom is -0.491 e. The number of aromatic nitrogens is 1. The predicted octanol–water partition coefficient (Wildman–Crippen LogP) is 3.09. The standard InChI is InChI=1S/C15H18N2O/c1-9(2)18-10-6-7-14-12(8-10)15(16)11-4-3-5-13(11)17-14/h6-9H,3-5H2,1-2H3,(H2,16,17). The summed E-state index contributed by atoms with van der Waals surface area (Å²) in [6.07, 6.45) is 3.45. The van der Waals surface area contributed by atoms with Gasteiger partial charge in [0.1, 0.15) is 5.75 Å². The lowest BCUT2D eigenvalue weighted by Gasteiger charge is -2.12. The van der Waals surface area contributed by atoms with E-state index in [4.69, 9.17) is 15.5 Å². The molecule has 1 aromatic carbocycles. The Morgan fingerprint density at radius 2 is 2.11 bits per heavy atom. The van der Waals surface area contributed by atoms with Crippen LogP contribution in [0.4, 0.5) is 5.69 Å². The largest absolute Gasteiger partial charge is 0.491 e. The lowest BCUT2D eigenvalue weighted by atomic mass is 10.1. The van der Waals surface area contributed by atoms with Gasteiger partial charge >= 0.3 is 0 Å². The summed E-state index contributed by atoms with van der Waals surface area (Å²) in [5, 5.41) is 1.02. The average Bonchev–Trinajstić information content (AvgIpc) is 2.78. The Balaban J connectivity index is 2.16. The number of hydrogen-bond donors (Lipinski definition) is 1. The van der Waals surface area contributed by atoms with E-state index >= 15 is 0 Å². The summed E-state index contributed by atoms with van der Waals surface area (Å²) in [7, 11) is 0. The third kappa shape index (κ3) is 1.80. The molecule has 0 aliphatic heterocycles. The molecule has 0 saturated carbocycles. The highest BCUT2D eigenvalue weighted by Gasteiger charge is 2.18. The van der Waals surface area contributed by atoms with Crippen LogP contribution in [0.3, 0.4) is 0 Å². The van der Waals surface area contributed by atoms with E-state index in [0.717, 1.165) is 41.6 Å². The van der Waals surface area contributed by atoms with E-state index in [0.29, 0.717) is 0 Å². The van der Waals surface area contributed by atoms with Crippen molar-refractivity contribution in [2.75, 3.05) is 5.73 Å². The third-order valence-corrected chi connectivity index (χ3v) is 3.40. The Bertz CT molecular complexity index is 605. The number of anilines is 1. The molecule has 94 valence electrons. The molecule has 1 heterocycles. The van der Waals surface area contributed by atoms with Crippen molar-refractivity contribution < 1.29 is 4.74 Å². The number of hydrogen-bond acceptors (Lipinski definition) is 3. The molecule has 1 aliphatic carbocycles. The van der Waals surface area contributed by atoms with Crippen LogP contribution in [0.5, 0.6) is 5.75 Å². The van der Waals surface area contributed by atoms with Gasteiger partial charge < -0.3 is 10.5 Å². The fourth-order valence-corrected chi connectivity index (χ4v) is 2.62. The number of fused-ring (bicyclic) bond motifs is 2. The maximum absolute atomic E-state index is 6.27. The second-order valence-corrected chi connectivity index (χ2v) is 5.15. The Morgan fingerprint density at radius 3 is 2.89 bits per heavy atom. The average molecular weight is 242 g/mol. The number of benzene rings is 1. The SMILES string of the molecule is CC(C)Oc1ccc2nc3c(c(N)c2c1)CCC3. The number of pyridine rings is 1. The van der Waals surface area contributed by atoms with Gasteiger partial charge in [0, 0.05) is 16.8 Å². The van der Waals surface area contributed by atoms with E-state index in [2.05, 4.69) is 0 Å². The van der Waals surface area contributed by atoms with E-state index in [1.54, 1.807) is 0 Å². The summed E-state index contributed by atoms with van der Waals surface area (Å²) in [6, 6.07) is 5.98. The summed E-state index contributed by atoms with van der Waals surface area (Å²) < 4.78 is 5.71. The molecule has 0 atom stereocenters. The van der Waals surface area contributed by atoms with E-state index < -0.39 is 0 Å². The molecule has 0 amide bonds. The van der Waals surface area contributed by atoms with Crippen LogP contribution < -0.4 is 10.5 Å². The van der Waals surface area contributed by atoms with Gasteiger partial charge in [-0.1, -0.05) is 0 Å². The van der Waals surface area contributed by atoms with Gasteiger partial charge in [0.05, 0.1) is 11.6 Å². The molecular formula is C15H18N2O. The van der Waals surface area contributed by atoms with Crippen molar-refractivity contribution in [1.82, 2.24) is 4.98 Å². The quantitative estimate of drug-likeness (QED) is 0.880. The molecule has 1 aliphatic rings. The molecule has 18 heavy (non-hydrogen) atoms. The lowest BCUT2D eigenvalue weighted by Crippen LogP contribution is -2.06. The lowest BCUT2D eigenvalue weighted by molar-refractivity contribution is 0.243. The van der Waals surface area contributed by atoms with E-state index in [1.165, 1.54) is 11.3 Å². The van der Waals surface area contributed by atoms with Crippen LogP contribution in [0.15, 0.2) is 18.2 Å². The normalized spacial score (nSPS) is 14.2. The van der Waals surface area contributed by atoms with Crippen LogP contribution in [0.1, 0.15) is 31.5 Å². The van der Waals surface area contributed by atoms with Gasteiger partial charge in [-0.2, -0.15) is 0 Å². The van der Waals surface area contributed by atoms with Crippen LogP contribution >= 0.6 is 0 Å². The number of rotatable bonds is 2. The zero-order chi connectivity index (χ0) is 12.7. The first kappa shape index (κ1) is 11.3. The fraction of sp³-hybridized carbons (Fsp3) is 0.400. The van der Waals surface area contributed by atoms with Crippen molar-refractivity contribution in [2.45, 2.75) is 39.2 Å². The van der Waals surface area contributed by atoms with Crippen molar-refractivity contribution in [3.63, 3.8) is 0 Å². The monoisotopic (exact) mass is 242 g/mol. The molecule has 0 fully saturated rings. The van der Waals surface area contributed by atoms with Gasteiger partial charge in [-0.15, -0.1) is 0 Å². The second kappa shape index (κ2) is 4.16. The molecule has 2 aromatic rings. The van der Waals surface area contributed by atoms with Crippen molar-refractivity contribution in [3.8, 4) is 5.75 Å². The first-order chi connectivity index (χ1) is 8.65. The van der Waals surface area contributed by atoms with E-state index in [9.17, 15) is 0 Å². The molecule has 3 nitrogen and oxygen atoms in total. The molecule has 0 spiro atoms. The van der Waals surface area contributed by atoms with Crippen LogP contribution in [-0.2, 0) is 12.8 Å². The zero-order valence-corrected chi connectivity index (χ0v) is 10.9. The van der Waals surface area contributed by atoms with Gasteiger partial charge in [-0.05, 0) is 56.9 Å². The Kier molecular flexibility index (Phi) is 2.62. The molecule has 0 radical (unpaired) electrons. The second-order valence-electron chi connectivity index (χ2n) is 5.15. The summed E-state index contributed by atoms with van der Waals surface area (Å²) >= 11 is 0. The molecule has 3 heteroatoms. The molecule has 0 unspecified atom stereocenters. The number of nitrogens with two attached hydrogens (primary N) is 1. The van der Waals surface area contributed by atoms with Gasteiger partial charge in [0.25, 0.3) is 0 Å². The molecule has 3 rings (SSSR count). The van der Waals surface area contributed by atoms with Crippen LogP contribution in [0, 0.1) is 0 Å². The van der Waals surface area contributed by atoms with E-state index in [-0.39, 0.29) is 6.10 Å². The summed E-state index contributed by atoms with van der Waals surface area (Å²) in [5.74, 6) is 0.865. The van der Waals surface area contributed by atoms with Crippen LogP contribution in [-0.4, -0.2) is 11.1 Å². The smallest absolute Gasteiger partial charge is 0.120 e. The fourth-order valence-electron chi connectivity index (χ4n) is 2.62. The first-order valence-corrected chi connectivity index (χ1v) is 6.53. The van der Waals surface area contributed by atoms with Crippen molar-refractivity contribution in [1.29, 1.82) is 0 Å². The third-order valence-electron chi connectivity index (χ3n) is 3.40. The molecule has 1 aromatic heterocycles. The number of aryl methyl sites for hydroxylation is 1. The predicted molar refractivity (Wildman–Crippen MR) is 73.9 cm³/mol. The minimum absolute atomic E-state index is 0.172.